The lowest BCUT2D eigenvalue weighted by atomic mass is 10.2. The Hall–Kier alpha value is -0.980. The van der Waals surface area contributed by atoms with Crippen molar-refractivity contribution in [3.05, 3.63) is 29.8 Å². The van der Waals surface area contributed by atoms with Crippen LogP contribution in [-0.2, 0) is 0 Å². The maximum atomic E-state index is 5.70. The number of aliphatic imine (C=N–C) groups is 1. The van der Waals surface area contributed by atoms with Crippen LogP contribution < -0.4 is 15.8 Å². The Kier molecular flexibility index (Phi) is 10.2. The second-order valence-electron chi connectivity index (χ2n) is 4.93. The molecular formula is C15H26IN3O. The molecule has 0 saturated carbocycles. The maximum absolute atomic E-state index is 5.70. The van der Waals surface area contributed by atoms with Gasteiger partial charge in [-0.2, -0.15) is 0 Å². The minimum atomic E-state index is 0. The molecule has 0 bridgehead atoms. The van der Waals surface area contributed by atoms with Gasteiger partial charge < -0.3 is 15.8 Å². The lowest BCUT2D eigenvalue weighted by molar-refractivity contribution is 0.308. The fourth-order valence-electron chi connectivity index (χ4n) is 1.58. The van der Waals surface area contributed by atoms with Crippen molar-refractivity contribution in [2.75, 3.05) is 13.2 Å². The standard InChI is InChI=1S/C15H25N3O.HI/c1-12(2)18-15(16)17-10-4-5-11-19-14-8-6-13(3)7-9-14;/h6-9,12H,4-5,10-11H2,1-3H3,(H3,16,17,18);1H. The largest absolute Gasteiger partial charge is 0.494 e. The number of nitrogens with one attached hydrogen (secondary N) is 1. The first-order chi connectivity index (χ1) is 9.08. The molecule has 0 amide bonds. The maximum Gasteiger partial charge on any atom is 0.188 e. The van der Waals surface area contributed by atoms with Gasteiger partial charge in [-0.25, -0.2) is 0 Å². The summed E-state index contributed by atoms with van der Waals surface area (Å²) in [6, 6.07) is 8.43. The van der Waals surface area contributed by atoms with E-state index in [1.807, 2.05) is 26.0 Å². The van der Waals surface area contributed by atoms with Gasteiger partial charge >= 0.3 is 0 Å². The molecule has 4 nitrogen and oxygen atoms in total. The van der Waals surface area contributed by atoms with Gasteiger partial charge in [0.15, 0.2) is 5.96 Å². The minimum Gasteiger partial charge on any atom is -0.494 e. The van der Waals surface area contributed by atoms with Crippen molar-refractivity contribution in [3.63, 3.8) is 0 Å². The van der Waals surface area contributed by atoms with Crippen molar-refractivity contribution in [2.45, 2.75) is 39.7 Å². The Labute approximate surface area is 139 Å². The number of hydrogen-bond acceptors (Lipinski definition) is 2. The molecule has 0 aliphatic carbocycles. The predicted octanol–water partition coefficient (Wildman–Crippen LogP) is 3.08. The number of aryl methyl sites for hydroxylation is 1. The van der Waals surface area contributed by atoms with E-state index in [9.17, 15) is 0 Å². The van der Waals surface area contributed by atoms with Crippen LogP contribution in [0.1, 0.15) is 32.3 Å². The van der Waals surface area contributed by atoms with Crippen molar-refractivity contribution < 1.29 is 4.74 Å². The second kappa shape index (κ2) is 10.8. The number of nitrogens with two attached hydrogens (primary N) is 1. The monoisotopic (exact) mass is 391 g/mol. The minimum absolute atomic E-state index is 0. The van der Waals surface area contributed by atoms with Crippen molar-refractivity contribution >= 4 is 29.9 Å². The number of hydrogen-bond donors (Lipinski definition) is 2. The van der Waals surface area contributed by atoms with Gasteiger partial charge in [0.25, 0.3) is 0 Å². The van der Waals surface area contributed by atoms with Gasteiger partial charge in [-0.05, 0) is 45.7 Å². The van der Waals surface area contributed by atoms with E-state index < -0.39 is 0 Å². The quantitative estimate of drug-likeness (QED) is 0.325. The molecule has 0 spiro atoms. The summed E-state index contributed by atoms with van der Waals surface area (Å²) in [6.07, 6.45) is 1.96. The average Bonchev–Trinajstić information content (AvgIpc) is 2.35. The SMILES string of the molecule is Cc1ccc(OCCCCN=C(N)NC(C)C)cc1.I. The molecule has 0 aliphatic heterocycles. The third-order valence-corrected chi connectivity index (χ3v) is 2.56. The highest BCUT2D eigenvalue weighted by atomic mass is 127. The number of rotatable bonds is 7. The molecule has 114 valence electrons. The lowest BCUT2D eigenvalue weighted by Crippen LogP contribution is -2.36. The first-order valence-corrected chi connectivity index (χ1v) is 6.84. The summed E-state index contributed by atoms with van der Waals surface area (Å²) in [4.78, 5) is 4.25. The Balaban J connectivity index is 0.00000361. The summed E-state index contributed by atoms with van der Waals surface area (Å²) in [6.45, 7) is 7.60. The zero-order valence-corrected chi connectivity index (χ0v) is 14.9. The van der Waals surface area contributed by atoms with Crippen molar-refractivity contribution in [2.24, 2.45) is 10.7 Å². The first-order valence-electron chi connectivity index (χ1n) is 6.84. The smallest absolute Gasteiger partial charge is 0.188 e. The van der Waals surface area contributed by atoms with Crippen LogP contribution in [0, 0.1) is 6.92 Å². The van der Waals surface area contributed by atoms with Gasteiger partial charge in [0.05, 0.1) is 6.61 Å². The van der Waals surface area contributed by atoms with Crippen LogP contribution in [-0.4, -0.2) is 25.2 Å². The Morgan fingerprint density at radius 3 is 2.50 bits per heavy atom. The van der Waals surface area contributed by atoms with Gasteiger partial charge in [0, 0.05) is 12.6 Å². The van der Waals surface area contributed by atoms with Gasteiger partial charge in [0.2, 0.25) is 0 Å². The van der Waals surface area contributed by atoms with Crippen LogP contribution in [0.5, 0.6) is 5.75 Å². The van der Waals surface area contributed by atoms with Crippen LogP contribution in [0.3, 0.4) is 0 Å². The summed E-state index contributed by atoms with van der Waals surface area (Å²) < 4.78 is 5.64. The molecule has 3 N–H and O–H groups in total. The Morgan fingerprint density at radius 1 is 1.25 bits per heavy atom. The predicted molar refractivity (Wildman–Crippen MR) is 96.1 cm³/mol. The molecule has 1 aromatic carbocycles. The van der Waals surface area contributed by atoms with Crippen LogP contribution in [0.25, 0.3) is 0 Å². The Bertz CT molecular complexity index is 391. The summed E-state index contributed by atoms with van der Waals surface area (Å²) in [5.41, 5.74) is 6.95. The van der Waals surface area contributed by atoms with Crippen LogP contribution in [0.4, 0.5) is 0 Å². The molecule has 0 unspecified atom stereocenters. The van der Waals surface area contributed by atoms with Crippen molar-refractivity contribution in [3.8, 4) is 5.75 Å². The summed E-state index contributed by atoms with van der Waals surface area (Å²) in [7, 11) is 0. The molecule has 20 heavy (non-hydrogen) atoms. The molecule has 0 radical (unpaired) electrons. The highest BCUT2D eigenvalue weighted by Crippen LogP contribution is 2.11. The van der Waals surface area contributed by atoms with E-state index >= 15 is 0 Å². The second-order valence-corrected chi connectivity index (χ2v) is 4.93. The summed E-state index contributed by atoms with van der Waals surface area (Å²) in [5.74, 6) is 1.45. The molecule has 0 fully saturated rings. The molecule has 5 heteroatoms. The average molecular weight is 391 g/mol. The van der Waals surface area contributed by atoms with E-state index in [1.54, 1.807) is 0 Å². The summed E-state index contributed by atoms with van der Waals surface area (Å²) >= 11 is 0. The van der Waals surface area contributed by atoms with E-state index in [0.717, 1.165) is 31.7 Å². The fourth-order valence-corrected chi connectivity index (χ4v) is 1.58. The molecule has 0 atom stereocenters. The van der Waals surface area contributed by atoms with E-state index in [-0.39, 0.29) is 24.0 Å². The number of halogens is 1. The highest BCUT2D eigenvalue weighted by molar-refractivity contribution is 14.0. The molecular weight excluding hydrogens is 365 g/mol. The zero-order valence-electron chi connectivity index (χ0n) is 12.6. The molecule has 1 aromatic rings. The number of guanidine groups is 1. The van der Waals surface area contributed by atoms with E-state index in [0.29, 0.717) is 12.0 Å². The van der Waals surface area contributed by atoms with E-state index in [2.05, 4.69) is 29.4 Å². The third kappa shape index (κ3) is 9.01. The molecule has 1 rings (SSSR count). The number of unbranched alkanes of at least 4 members (excludes halogenated alkanes) is 1. The van der Waals surface area contributed by atoms with Crippen LogP contribution in [0.2, 0.25) is 0 Å². The van der Waals surface area contributed by atoms with E-state index in [4.69, 9.17) is 10.5 Å². The molecule has 0 saturated heterocycles. The number of nitrogens with zero attached hydrogens (tertiary/aromatic N) is 1. The van der Waals surface area contributed by atoms with Gasteiger partial charge in [-0.1, -0.05) is 17.7 Å². The highest BCUT2D eigenvalue weighted by Gasteiger charge is 1.95. The lowest BCUT2D eigenvalue weighted by Gasteiger charge is -2.08. The summed E-state index contributed by atoms with van der Waals surface area (Å²) in [5, 5.41) is 3.06. The molecule has 0 aromatic heterocycles. The molecule has 0 aliphatic rings. The van der Waals surface area contributed by atoms with Gasteiger partial charge in [-0.3, -0.25) is 4.99 Å². The van der Waals surface area contributed by atoms with E-state index in [1.165, 1.54) is 5.56 Å². The Morgan fingerprint density at radius 2 is 1.90 bits per heavy atom. The number of benzene rings is 1. The topological polar surface area (TPSA) is 59.6 Å². The van der Waals surface area contributed by atoms with Gasteiger partial charge in [-0.15, -0.1) is 24.0 Å². The first kappa shape index (κ1) is 19.0. The molecule has 0 heterocycles. The normalized spacial score (nSPS) is 11.1. The van der Waals surface area contributed by atoms with Crippen molar-refractivity contribution in [1.29, 1.82) is 0 Å². The third-order valence-electron chi connectivity index (χ3n) is 2.56. The fraction of sp³-hybridized carbons (Fsp3) is 0.533. The zero-order chi connectivity index (χ0) is 14.1. The number of ether oxygens (including phenoxy) is 1. The van der Waals surface area contributed by atoms with Crippen LogP contribution in [0.15, 0.2) is 29.3 Å². The van der Waals surface area contributed by atoms with Gasteiger partial charge in [0.1, 0.15) is 5.75 Å². The van der Waals surface area contributed by atoms with Crippen LogP contribution >= 0.6 is 24.0 Å². The van der Waals surface area contributed by atoms with Crippen molar-refractivity contribution in [1.82, 2.24) is 5.32 Å².